The minimum Gasteiger partial charge on any atom is -0.302 e. The molecule has 0 radical (unpaired) electrons. The number of aryl methyl sites for hydroxylation is 1. The van der Waals surface area contributed by atoms with Crippen LogP contribution in [-0.4, -0.2) is 30.1 Å². The molecule has 5 heteroatoms. The maximum Gasteiger partial charge on any atom is 0.266 e. The zero-order chi connectivity index (χ0) is 20.4. The van der Waals surface area contributed by atoms with Crippen LogP contribution in [0.25, 0.3) is 0 Å². The first-order valence-corrected chi connectivity index (χ1v) is 9.44. The first-order chi connectivity index (χ1) is 14.0. The average Bonchev–Trinajstić information content (AvgIpc) is 2.85. The molecule has 144 valence electrons. The van der Waals surface area contributed by atoms with Gasteiger partial charge >= 0.3 is 0 Å². The van der Waals surface area contributed by atoms with Gasteiger partial charge in [-0.3, -0.25) is 14.6 Å². The SMILES string of the molecule is Cc1ccc(C(=O)CN2C(=O)C(N)N=C(c3ccccc3)c3ccccc32)cc1. The first-order valence-electron chi connectivity index (χ1n) is 9.44. The second-order valence-corrected chi connectivity index (χ2v) is 7.02. The predicted molar refractivity (Wildman–Crippen MR) is 114 cm³/mol. The van der Waals surface area contributed by atoms with Gasteiger partial charge in [-0.05, 0) is 13.0 Å². The Balaban J connectivity index is 1.76. The van der Waals surface area contributed by atoms with Gasteiger partial charge in [-0.15, -0.1) is 0 Å². The van der Waals surface area contributed by atoms with E-state index < -0.39 is 12.1 Å². The van der Waals surface area contributed by atoms with E-state index in [1.807, 2.05) is 73.7 Å². The molecule has 1 unspecified atom stereocenters. The average molecular weight is 383 g/mol. The standard InChI is InChI=1S/C24H21N3O2/c1-16-11-13-17(14-12-16)21(28)15-27-20-10-6-5-9-19(20)22(26-23(25)24(27)29)18-7-3-2-4-8-18/h2-14,23H,15,25H2,1H3. The van der Waals surface area contributed by atoms with Crippen LogP contribution in [0, 0.1) is 6.92 Å². The summed E-state index contributed by atoms with van der Waals surface area (Å²) in [6, 6.07) is 24.4. The van der Waals surface area contributed by atoms with Crippen molar-refractivity contribution in [2.45, 2.75) is 13.1 Å². The highest BCUT2D eigenvalue weighted by Gasteiger charge is 2.31. The lowest BCUT2D eigenvalue weighted by molar-refractivity contribution is -0.119. The summed E-state index contributed by atoms with van der Waals surface area (Å²) in [7, 11) is 0. The van der Waals surface area contributed by atoms with Gasteiger partial charge in [0.05, 0.1) is 17.9 Å². The number of benzene rings is 3. The second-order valence-electron chi connectivity index (χ2n) is 7.02. The predicted octanol–water partition coefficient (Wildman–Crippen LogP) is 3.35. The molecule has 0 fully saturated rings. The molecule has 1 amide bonds. The van der Waals surface area contributed by atoms with Gasteiger partial charge in [0.1, 0.15) is 0 Å². The van der Waals surface area contributed by atoms with Crippen LogP contribution in [0.5, 0.6) is 0 Å². The first kappa shape index (κ1) is 18.8. The van der Waals surface area contributed by atoms with Crippen LogP contribution in [0.1, 0.15) is 27.0 Å². The van der Waals surface area contributed by atoms with Crippen LogP contribution < -0.4 is 10.6 Å². The van der Waals surface area contributed by atoms with E-state index in [9.17, 15) is 9.59 Å². The lowest BCUT2D eigenvalue weighted by Gasteiger charge is -2.23. The van der Waals surface area contributed by atoms with Gasteiger partial charge < -0.3 is 10.6 Å². The number of ketones is 1. The van der Waals surface area contributed by atoms with Gasteiger partial charge in [-0.25, -0.2) is 0 Å². The third-order valence-corrected chi connectivity index (χ3v) is 4.96. The lowest BCUT2D eigenvalue weighted by Crippen LogP contribution is -2.44. The number of fused-ring (bicyclic) bond motifs is 1. The quantitative estimate of drug-likeness (QED) is 0.702. The summed E-state index contributed by atoms with van der Waals surface area (Å²) < 4.78 is 0. The summed E-state index contributed by atoms with van der Waals surface area (Å²) in [6.07, 6.45) is -1.08. The number of benzodiazepines with no additional fused rings is 1. The molecule has 0 aromatic heterocycles. The Labute approximate surface area is 169 Å². The summed E-state index contributed by atoms with van der Waals surface area (Å²) in [5.41, 5.74) is 10.7. The highest BCUT2D eigenvalue weighted by atomic mass is 16.2. The fourth-order valence-electron chi connectivity index (χ4n) is 3.41. The van der Waals surface area contributed by atoms with E-state index in [4.69, 9.17) is 5.73 Å². The van der Waals surface area contributed by atoms with E-state index in [-0.39, 0.29) is 12.3 Å². The van der Waals surface area contributed by atoms with Crippen LogP contribution in [0.4, 0.5) is 5.69 Å². The van der Waals surface area contributed by atoms with E-state index in [1.54, 1.807) is 12.1 Å². The van der Waals surface area contributed by atoms with E-state index in [1.165, 1.54) is 4.90 Å². The van der Waals surface area contributed by atoms with Crippen molar-refractivity contribution in [1.82, 2.24) is 0 Å². The summed E-state index contributed by atoms with van der Waals surface area (Å²) in [5.74, 6) is -0.549. The number of hydrogen-bond acceptors (Lipinski definition) is 4. The molecule has 29 heavy (non-hydrogen) atoms. The Hall–Kier alpha value is -3.57. The lowest BCUT2D eigenvalue weighted by atomic mass is 10.00. The number of rotatable bonds is 4. The van der Waals surface area contributed by atoms with Crippen molar-refractivity contribution in [2.24, 2.45) is 10.7 Å². The number of nitrogens with two attached hydrogens (primary N) is 1. The number of nitrogens with zero attached hydrogens (tertiary/aromatic N) is 2. The number of hydrogen-bond donors (Lipinski definition) is 1. The normalized spacial score (nSPS) is 16.1. The number of carbonyl (C=O) groups is 2. The fourth-order valence-corrected chi connectivity index (χ4v) is 3.41. The van der Waals surface area contributed by atoms with Gasteiger partial charge in [0.2, 0.25) is 0 Å². The van der Waals surface area contributed by atoms with E-state index in [0.717, 1.165) is 16.7 Å². The Morgan fingerprint density at radius 2 is 1.62 bits per heavy atom. The molecule has 1 atom stereocenters. The zero-order valence-corrected chi connectivity index (χ0v) is 16.1. The molecule has 5 nitrogen and oxygen atoms in total. The molecule has 0 saturated heterocycles. The fraction of sp³-hybridized carbons (Fsp3) is 0.125. The van der Waals surface area contributed by atoms with Crippen molar-refractivity contribution in [1.29, 1.82) is 0 Å². The number of anilines is 1. The smallest absolute Gasteiger partial charge is 0.266 e. The van der Waals surface area contributed by atoms with Gasteiger partial charge in [-0.1, -0.05) is 78.4 Å². The minimum atomic E-state index is -1.08. The molecule has 3 aromatic rings. The van der Waals surface area contributed by atoms with E-state index in [0.29, 0.717) is 17.0 Å². The largest absolute Gasteiger partial charge is 0.302 e. The third-order valence-electron chi connectivity index (χ3n) is 4.96. The molecule has 2 N–H and O–H groups in total. The number of carbonyl (C=O) groups excluding carboxylic acids is 2. The Bertz CT molecular complexity index is 1090. The van der Waals surface area contributed by atoms with Crippen molar-refractivity contribution < 1.29 is 9.59 Å². The van der Waals surface area contributed by atoms with Crippen LogP contribution in [-0.2, 0) is 4.79 Å². The molecule has 0 aliphatic carbocycles. The molecule has 0 spiro atoms. The summed E-state index contributed by atoms with van der Waals surface area (Å²) in [4.78, 5) is 31.9. The van der Waals surface area contributed by atoms with Gasteiger partial charge in [-0.2, -0.15) is 0 Å². The highest BCUT2D eigenvalue weighted by Crippen LogP contribution is 2.28. The van der Waals surface area contributed by atoms with Crippen molar-refractivity contribution >= 4 is 23.1 Å². The maximum absolute atomic E-state index is 13.0. The monoisotopic (exact) mass is 383 g/mol. The maximum atomic E-state index is 13.0. The number of para-hydroxylation sites is 1. The van der Waals surface area contributed by atoms with Gasteiger partial charge in [0.15, 0.2) is 11.9 Å². The van der Waals surface area contributed by atoms with Crippen molar-refractivity contribution in [3.8, 4) is 0 Å². The topological polar surface area (TPSA) is 75.8 Å². The Morgan fingerprint density at radius 3 is 2.34 bits per heavy atom. The minimum absolute atomic E-state index is 0.0931. The van der Waals surface area contributed by atoms with Crippen LogP contribution in [0.2, 0.25) is 0 Å². The van der Waals surface area contributed by atoms with Crippen LogP contribution in [0.15, 0.2) is 83.9 Å². The molecular formula is C24H21N3O2. The molecule has 4 rings (SSSR count). The van der Waals surface area contributed by atoms with E-state index in [2.05, 4.69) is 4.99 Å². The number of Topliss-reactive ketones (excluding diaryl/α,β-unsaturated/α-hetero) is 1. The van der Waals surface area contributed by atoms with Crippen molar-refractivity contribution in [3.05, 3.63) is 101 Å². The molecule has 1 aliphatic heterocycles. The van der Waals surface area contributed by atoms with Crippen molar-refractivity contribution in [2.75, 3.05) is 11.4 Å². The third kappa shape index (κ3) is 3.73. The summed E-state index contributed by atoms with van der Waals surface area (Å²) >= 11 is 0. The number of aliphatic imine (C=N–C) groups is 1. The molecule has 0 bridgehead atoms. The van der Waals surface area contributed by atoms with Crippen LogP contribution >= 0.6 is 0 Å². The summed E-state index contributed by atoms with van der Waals surface area (Å²) in [6.45, 7) is 1.87. The summed E-state index contributed by atoms with van der Waals surface area (Å²) in [5, 5.41) is 0. The highest BCUT2D eigenvalue weighted by molar-refractivity contribution is 6.21. The van der Waals surface area contributed by atoms with E-state index >= 15 is 0 Å². The second kappa shape index (κ2) is 7.81. The molecule has 3 aromatic carbocycles. The Kier molecular flexibility index (Phi) is 5.06. The zero-order valence-electron chi connectivity index (χ0n) is 16.1. The molecular weight excluding hydrogens is 362 g/mol. The molecule has 1 aliphatic rings. The van der Waals surface area contributed by atoms with Crippen LogP contribution in [0.3, 0.4) is 0 Å². The van der Waals surface area contributed by atoms with Crippen molar-refractivity contribution in [3.63, 3.8) is 0 Å². The molecule has 0 saturated carbocycles. The van der Waals surface area contributed by atoms with Gasteiger partial charge in [0, 0.05) is 16.7 Å². The molecule has 1 heterocycles. The Morgan fingerprint density at radius 1 is 0.966 bits per heavy atom. The number of amides is 1. The van der Waals surface area contributed by atoms with Gasteiger partial charge in [0.25, 0.3) is 5.91 Å².